The van der Waals surface area contributed by atoms with Crippen molar-refractivity contribution in [3.63, 3.8) is 0 Å². The molecule has 0 radical (unpaired) electrons. The number of hydrogen-bond acceptors (Lipinski definition) is 2. The van der Waals surface area contributed by atoms with E-state index >= 15 is 0 Å². The first kappa shape index (κ1) is 17.3. The predicted molar refractivity (Wildman–Crippen MR) is 86.6 cm³/mol. The Balaban J connectivity index is 2.35. The molecule has 0 aliphatic rings. The average molecular weight is 292 g/mol. The van der Waals surface area contributed by atoms with E-state index in [-0.39, 0.29) is 12.8 Å². The van der Waals surface area contributed by atoms with Crippen LogP contribution in [0.3, 0.4) is 0 Å². The van der Waals surface area contributed by atoms with Crippen molar-refractivity contribution < 1.29 is 9.53 Å². The molecular formula is C17H28N2O2. The summed E-state index contributed by atoms with van der Waals surface area (Å²) in [5, 5.41) is 2.83. The zero-order chi connectivity index (χ0) is 15.5. The van der Waals surface area contributed by atoms with Crippen LogP contribution < -0.4 is 10.1 Å². The van der Waals surface area contributed by atoms with Crippen LogP contribution >= 0.6 is 0 Å². The quantitative estimate of drug-likeness (QED) is 0.700. The molecule has 0 aliphatic heterocycles. The largest absolute Gasteiger partial charge is 0.473 e. The van der Waals surface area contributed by atoms with Gasteiger partial charge in [0.25, 0.3) is 0 Å². The molecule has 0 bridgehead atoms. The fourth-order valence-electron chi connectivity index (χ4n) is 1.94. The minimum atomic E-state index is -0.0380. The van der Waals surface area contributed by atoms with E-state index in [1.807, 2.05) is 36.1 Å². The number of amides is 2. The highest BCUT2D eigenvalue weighted by Crippen LogP contribution is 2.10. The van der Waals surface area contributed by atoms with Crippen molar-refractivity contribution in [2.75, 3.05) is 19.8 Å². The normalized spacial score (nSPS) is 10.2. The summed E-state index contributed by atoms with van der Waals surface area (Å²) in [5.41, 5.74) is 1.19. The number of rotatable bonds is 9. The molecule has 0 heterocycles. The second kappa shape index (κ2) is 10.1. The van der Waals surface area contributed by atoms with Gasteiger partial charge in [0.2, 0.25) is 0 Å². The summed E-state index contributed by atoms with van der Waals surface area (Å²) in [6.45, 7) is 8.13. The number of hydrogen-bond donors (Lipinski definition) is 1. The van der Waals surface area contributed by atoms with E-state index in [9.17, 15) is 4.79 Å². The van der Waals surface area contributed by atoms with Crippen LogP contribution in [0.4, 0.5) is 4.79 Å². The van der Waals surface area contributed by atoms with E-state index in [0.717, 1.165) is 44.5 Å². The van der Waals surface area contributed by atoms with Gasteiger partial charge in [-0.25, -0.2) is 4.79 Å². The topological polar surface area (TPSA) is 41.6 Å². The van der Waals surface area contributed by atoms with Gasteiger partial charge < -0.3 is 15.0 Å². The Morgan fingerprint density at radius 3 is 2.19 bits per heavy atom. The Hall–Kier alpha value is -1.71. The highest BCUT2D eigenvalue weighted by molar-refractivity contribution is 5.73. The third kappa shape index (κ3) is 7.02. The van der Waals surface area contributed by atoms with Gasteiger partial charge in [-0.15, -0.1) is 0 Å². The Morgan fingerprint density at radius 1 is 1.10 bits per heavy atom. The van der Waals surface area contributed by atoms with E-state index in [4.69, 9.17) is 4.74 Å². The van der Waals surface area contributed by atoms with Crippen LogP contribution in [0.15, 0.2) is 24.3 Å². The fraction of sp³-hybridized carbons (Fsp3) is 0.588. The maximum absolute atomic E-state index is 12.1. The van der Waals surface area contributed by atoms with Crippen LogP contribution in [0.1, 0.15) is 45.1 Å². The van der Waals surface area contributed by atoms with Gasteiger partial charge in [-0.2, -0.15) is 0 Å². The third-order valence-corrected chi connectivity index (χ3v) is 3.33. The van der Waals surface area contributed by atoms with E-state index in [1.165, 1.54) is 5.56 Å². The van der Waals surface area contributed by atoms with Crippen LogP contribution in [-0.2, 0) is 0 Å². The van der Waals surface area contributed by atoms with Crippen LogP contribution in [0.5, 0.6) is 5.75 Å². The molecule has 0 saturated carbocycles. The lowest BCUT2D eigenvalue weighted by molar-refractivity contribution is 0.183. The summed E-state index contributed by atoms with van der Waals surface area (Å²) in [5.74, 6) is 0.773. The summed E-state index contributed by atoms with van der Waals surface area (Å²) < 4.78 is 5.53. The minimum absolute atomic E-state index is 0.0380. The number of carbonyl (C=O) groups excluding carboxylic acids is 1. The standard InChI is InChI=1S/C17H28N2O2/c1-4-6-12-19(13-7-5-2)17(20)18-14-21-16-10-8-15(3)9-11-16/h8-11H,4-7,12-14H2,1-3H3,(H,18,20). The summed E-state index contributed by atoms with van der Waals surface area (Å²) in [7, 11) is 0. The number of unbranched alkanes of at least 4 members (excludes halogenated alkanes) is 2. The maximum Gasteiger partial charge on any atom is 0.320 e. The Morgan fingerprint density at radius 2 is 1.67 bits per heavy atom. The third-order valence-electron chi connectivity index (χ3n) is 3.33. The second-order valence-corrected chi connectivity index (χ2v) is 5.28. The van der Waals surface area contributed by atoms with Crippen LogP contribution in [0.2, 0.25) is 0 Å². The maximum atomic E-state index is 12.1. The van der Waals surface area contributed by atoms with Crippen LogP contribution in [0.25, 0.3) is 0 Å². The van der Waals surface area contributed by atoms with Gasteiger partial charge >= 0.3 is 6.03 Å². The number of nitrogens with zero attached hydrogens (tertiary/aromatic N) is 1. The van der Waals surface area contributed by atoms with Crippen molar-refractivity contribution in [1.29, 1.82) is 0 Å². The van der Waals surface area contributed by atoms with E-state index in [0.29, 0.717) is 0 Å². The first-order valence-electron chi connectivity index (χ1n) is 7.89. The molecular weight excluding hydrogens is 264 g/mol. The summed E-state index contributed by atoms with van der Waals surface area (Å²) >= 11 is 0. The van der Waals surface area contributed by atoms with E-state index < -0.39 is 0 Å². The molecule has 1 rings (SSSR count). The highest BCUT2D eigenvalue weighted by Gasteiger charge is 2.11. The molecule has 118 valence electrons. The molecule has 0 fully saturated rings. The Labute approximate surface area is 128 Å². The fourth-order valence-corrected chi connectivity index (χ4v) is 1.94. The lowest BCUT2D eigenvalue weighted by Gasteiger charge is -2.22. The number of ether oxygens (including phenoxy) is 1. The van der Waals surface area contributed by atoms with Gasteiger partial charge in [0.15, 0.2) is 6.73 Å². The zero-order valence-electron chi connectivity index (χ0n) is 13.5. The van der Waals surface area contributed by atoms with Gasteiger partial charge in [0.1, 0.15) is 5.75 Å². The number of carbonyl (C=O) groups is 1. The number of benzene rings is 1. The number of aryl methyl sites for hydroxylation is 1. The van der Waals surface area contributed by atoms with Gasteiger partial charge in [-0.1, -0.05) is 44.4 Å². The first-order valence-corrected chi connectivity index (χ1v) is 7.89. The number of urea groups is 1. The van der Waals surface area contributed by atoms with Crippen LogP contribution in [0, 0.1) is 6.92 Å². The van der Waals surface area contributed by atoms with Crippen molar-refractivity contribution in [1.82, 2.24) is 10.2 Å². The number of nitrogens with one attached hydrogen (secondary N) is 1. The van der Waals surface area contributed by atoms with Crippen molar-refractivity contribution >= 4 is 6.03 Å². The molecule has 0 atom stereocenters. The molecule has 4 heteroatoms. The summed E-state index contributed by atoms with van der Waals surface area (Å²) in [4.78, 5) is 14.0. The van der Waals surface area contributed by atoms with Gasteiger partial charge in [0.05, 0.1) is 0 Å². The van der Waals surface area contributed by atoms with Crippen molar-refractivity contribution in [2.24, 2.45) is 0 Å². The summed E-state index contributed by atoms with van der Waals surface area (Å²) in [6.07, 6.45) is 4.26. The van der Waals surface area contributed by atoms with Gasteiger partial charge in [-0.3, -0.25) is 0 Å². The molecule has 2 amide bonds. The summed E-state index contributed by atoms with van der Waals surface area (Å²) in [6, 6.07) is 7.77. The van der Waals surface area contributed by atoms with Crippen LogP contribution in [-0.4, -0.2) is 30.8 Å². The van der Waals surface area contributed by atoms with Crippen molar-refractivity contribution in [3.05, 3.63) is 29.8 Å². The molecule has 4 nitrogen and oxygen atoms in total. The Kier molecular flexibility index (Phi) is 8.32. The SMILES string of the molecule is CCCCN(CCCC)C(=O)NCOc1ccc(C)cc1. The lowest BCUT2D eigenvalue weighted by Crippen LogP contribution is -2.42. The molecule has 1 aromatic carbocycles. The molecule has 0 unspecified atom stereocenters. The molecule has 0 aliphatic carbocycles. The molecule has 0 aromatic heterocycles. The monoisotopic (exact) mass is 292 g/mol. The predicted octanol–water partition coefficient (Wildman–Crippen LogP) is 3.94. The Bertz CT molecular complexity index is 396. The lowest BCUT2D eigenvalue weighted by atomic mass is 10.2. The second-order valence-electron chi connectivity index (χ2n) is 5.28. The molecule has 21 heavy (non-hydrogen) atoms. The van der Waals surface area contributed by atoms with Crippen molar-refractivity contribution in [3.8, 4) is 5.75 Å². The van der Waals surface area contributed by atoms with Gasteiger partial charge in [-0.05, 0) is 31.9 Å². The minimum Gasteiger partial charge on any atom is -0.473 e. The molecule has 1 aromatic rings. The average Bonchev–Trinajstić information content (AvgIpc) is 2.49. The van der Waals surface area contributed by atoms with E-state index in [1.54, 1.807) is 0 Å². The molecule has 0 saturated heterocycles. The molecule has 1 N–H and O–H groups in total. The molecule has 0 spiro atoms. The highest BCUT2D eigenvalue weighted by atomic mass is 16.5. The first-order chi connectivity index (χ1) is 10.2. The van der Waals surface area contributed by atoms with Crippen molar-refractivity contribution in [2.45, 2.75) is 46.5 Å². The van der Waals surface area contributed by atoms with Gasteiger partial charge in [0, 0.05) is 13.1 Å². The zero-order valence-corrected chi connectivity index (χ0v) is 13.5. The van der Waals surface area contributed by atoms with E-state index in [2.05, 4.69) is 19.2 Å². The smallest absolute Gasteiger partial charge is 0.320 e.